The summed E-state index contributed by atoms with van der Waals surface area (Å²) in [7, 11) is 0. The summed E-state index contributed by atoms with van der Waals surface area (Å²) in [6.45, 7) is 4.34. The molecule has 0 saturated carbocycles. The summed E-state index contributed by atoms with van der Waals surface area (Å²) < 4.78 is 7.53. The van der Waals surface area contributed by atoms with E-state index in [0.717, 1.165) is 38.4 Å². The Labute approximate surface area is 135 Å². The Kier molecular flexibility index (Phi) is 4.97. The zero-order valence-corrected chi connectivity index (χ0v) is 13.2. The van der Waals surface area contributed by atoms with Crippen LogP contribution in [0.2, 0.25) is 0 Å². The van der Waals surface area contributed by atoms with Crippen LogP contribution in [0, 0.1) is 5.92 Å². The number of rotatable bonds is 5. The van der Waals surface area contributed by atoms with Gasteiger partial charge in [-0.1, -0.05) is 0 Å². The van der Waals surface area contributed by atoms with E-state index >= 15 is 0 Å². The average Bonchev–Trinajstić information content (AvgIpc) is 3.09. The van der Waals surface area contributed by atoms with Crippen molar-refractivity contribution < 1.29 is 9.53 Å². The molecule has 1 atom stereocenters. The molecule has 1 N–H and O–H groups in total. The molecule has 0 spiro atoms. The molecule has 2 aromatic rings. The van der Waals surface area contributed by atoms with E-state index in [1.807, 2.05) is 6.20 Å². The summed E-state index contributed by atoms with van der Waals surface area (Å²) in [6, 6.07) is 1.53. The zero-order valence-electron chi connectivity index (χ0n) is 13.2. The van der Waals surface area contributed by atoms with Crippen molar-refractivity contribution in [2.75, 3.05) is 13.2 Å². The highest BCUT2D eigenvalue weighted by Crippen LogP contribution is 2.29. The molecule has 0 aliphatic carbocycles. The van der Waals surface area contributed by atoms with E-state index in [4.69, 9.17) is 4.74 Å². The highest BCUT2D eigenvalue weighted by atomic mass is 16.5. The van der Waals surface area contributed by atoms with Crippen LogP contribution in [0.4, 0.5) is 0 Å². The van der Waals surface area contributed by atoms with Gasteiger partial charge >= 0.3 is 0 Å². The first kappa shape index (κ1) is 15.6. The Morgan fingerprint density at radius 3 is 2.91 bits per heavy atom. The van der Waals surface area contributed by atoms with Gasteiger partial charge in [0, 0.05) is 32.2 Å². The number of ether oxygens (including phenoxy) is 1. The second-order valence-corrected chi connectivity index (χ2v) is 5.60. The van der Waals surface area contributed by atoms with Gasteiger partial charge in [0.2, 0.25) is 0 Å². The van der Waals surface area contributed by atoms with Crippen molar-refractivity contribution in [3.05, 3.63) is 42.2 Å². The lowest BCUT2D eigenvalue weighted by Gasteiger charge is -2.30. The standard InChI is InChI=1S/C16H21N5O2/c1-2-21-8-7-17-15(21)14(12-4-9-23-10-5-12)20-16(22)13-3-6-18-19-11-13/h3,6-8,11-12,14H,2,4-5,9-10H2,1H3,(H,20,22). The van der Waals surface area contributed by atoms with Crippen LogP contribution < -0.4 is 5.32 Å². The SMILES string of the molecule is CCn1ccnc1C(NC(=O)c1ccnnc1)C1CCOCC1. The molecule has 23 heavy (non-hydrogen) atoms. The number of amides is 1. The van der Waals surface area contributed by atoms with Crippen LogP contribution >= 0.6 is 0 Å². The summed E-state index contributed by atoms with van der Waals surface area (Å²) in [5.41, 5.74) is 0.506. The molecule has 0 aromatic carbocycles. The van der Waals surface area contributed by atoms with Gasteiger partial charge in [-0.25, -0.2) is 4.98 Å². The van der Waals surface area contributed by atoms with E-state index in [2.05, 4.69) is 32.0 Å². The van der Waals surface area contributed by atoms with Crippen molar-refractivity contribution in [1.82, 2.24) is 25.1 Å². The lowest BCUT2D eigenvalue weighted by Crippen LogP contribution is -2.37. The minimum absolute atomic E-state index is 0.130. The minimum atomic E-state index is -0.151. The number of carbonyl (C=O) groups excluding carboxylic acids is 1. The Morgan fingerprint density at radius 2 is 2.22 bits per heavy atom. The maximum atomic E-state index is 12.5. The molecular weight excluding hydrogens is 294 g/mol. The third-order valence-electron chi connectivity index (χ3n) is 4.24. The molecule has 7 nitrogen and oxygen atoms in total. The van der Waals surface area contributed by atoms with Crippen LogP contribution in [0.25, 0.3) is 0 Å². The average molecular weight is 315 g/mol. The van der Waals surface area contributed by atoms with Gasteiger partial charge in [0.05, 0.1) is 24.0 Å². The van der Waals surface area contributed by atoms with Gasteiger partial charge < -0.3 is 14.6 Å². The topological polar surface area (TPSA) is 81.9 Å². The molecule has 1 saturated heterocycles. The fourth-order valence-electron chi connectivity index (χ4n) is 2.96. The fraction of sp³-hybridized carbons (Fsp3) is 0.500. The molecule has 0 radical (unpaired) electrons. The number of carbonyl (C=O) groups is 1. The van der Waals surface area contributed by atoms with Crippen LogP contribution in [-0.2, 0) is 11.3 Å². The predicted molar refractivity (Wildman–Crippen MR) is 83.7 cm³/mol. The van der Waals surface area contributed by atoms with Crippen molar-refractivity contribution in [3.63, 3.8) is 0 Å². The fourth-order valence-corrected chi connectivity index (χ4v) is 2.96. The molecule has 2 aromatic heterocycles. The van der Waals surface area contributed by atoms with Crippen LogP contribution in [0.15, 0.2) is 30.9 Å². The van der Waals surface area contributed by atoms with Gasteiger partial charge in [-0.15, -0.1) is 0 Å². The van der Waals surface area contributed by atoms with E-state index in [1.54, 1.807) is 12.3 Å². The normalized spacial score (nSPS) is 16.9. The van der Waals surface area contributed by atoms with Crippen LogP contribution in [0.5, 0.6) is 0 Å². The molecule has 3 heterocycles. The van der Waals surface area contributed by atoms with Crippen molar-refractivity contribution in [2.24, 2.45) is 5.92 Å². The molecule has 1 amide bonds. The lowest BCUT2D eigenvalue weighted by atomic mass is 9.90. The van der Waals surface area contributed by atoms with Crippen molar-refractivity contribution in [1.29, 1.82) is 0 Å². The molecule has 1 aliphatic rings. The summed E-state index contributed by atoms with van der Waals surface area (Å²) in [5.74, 6) is 1.06. The highest BCUT2D eigenvalue weighted by Gasteiger charge is 2.30. The Hall–Kier alpha value is -2.28. The molecule has 3 rings (SSSR count). The maximum Gasteiger partial charge on any atom is 0.253 e. The Morgan fingerprint density at radius 1 is 1.39 bits per heavy atom. The second-order valence-electron chi connectivity index (χ2n) is 5.60. The van der Waals surface area contributed by atoms with Crippen LogP contribution in [-0.4, -0.2) is 38.9 Å². The summed E-state index contributed by atoms with van der Waals surface area (Å²) in [4.78, 5) is 17.0. The van der Waals surface area contributed by atoms with E-state index in [1.165, 1.54) is 12.4 Å². The summed E-state index contributed by atoms with van der Waals surface area (Å²) in [5, 5.41) is 10.6. The van der Waals surface area contributed by atoms with E-state index in [9.17, 15) is 4.79 Å². The molecule has 1 unspecified atom stereocenters. The van der Waals surface area contributed by atoms with Crippen molar-refractivity contribution in [3.8, 4) is 0 Å². The van der Waals surface area contributed by atoms with E-state index in [0.29, 0.717) is 11.5 Å². The zero-order chi connectivity index (χ0) is 16.1. The Balaban J connectivity index is 1.84. The number of imidazole rings is 1. The maximum absolute atomic E-state index is 12.5. The van der Waals surface area contributed by atoms with E-state index in [-0.39, 0.29) is 11.9 Å². The molecule has 122 valence electrons. The van der Waals surface area contributed by atoms with Crippen molar-refractivity contribution >= 4 is 5.91 Å². The van der Waals surface area contributed by atoms with Gasteiger partial charge in [0.1, 0.15) is 5.82 Å². The minimum Gasteiger partial charge on any atom is -0.381 e. The van der Waals surface area contributed by atoms with Gasteiger partial charge in [-0.3, -0.25) is 4.79 Å². The van der Waals surface area contributed by atoms with E-state index < -0.39 is 0 Å². The quantitative estimate of drug-likeness (QED) is 0.906. The number of nitrogens with zero attached hydrogens (tertiary/aromatic N) is 4. The monoisotopic (exact) mass is 315 g/mol. The summed E-state index contributed by atoms with van der Waals surface area (Å²) >= 11 is 0. The second kappa shape index (κ2) is 7.32. The number of aromatic nitrogens is 4. The predicted octanol–water partition coefficient (Wildman–Crippen LogP) is 1.59. The molecular formula is C16H21N5O2. The molecule has 7 heteroatoms. The van der Waals surface area contributed by atoms with Gasteiger partial charge in [-0.05, 0) is 31.7 Å². The highest BCUT2D eigenvalue weighted by molar-refractivity contribution is 5.93. The van der Waals surface area contributed by atoms with Gasteiger partial charge in [0.25, 0.3) is 5.91 Å². The van der Waals surface area contributed by atoms with Crippen LogP contribution in [0.1, 0.15) is 42.0 Å². The smallest absolute Gasteiger partial charge is 0.253 e. The number of hydrogen-bond acceptors (Lipinski definition) is 5. The molecule has 0 bridgehead atoms. The number of hydrogen-bond donors (Lipinski definition) is 1. The summed E-state index contributed by atoms with van der Waals surface area (Å²) in [6.07, 6.45) is 8.55. The third-order valence-corrected chi connectivity index (χ3v) is 4.24. The number of aryl methyl sites for hydroxylation is 1. The molecule has 1 aliphatic heterocycles. The van der Waals surface area contributed by atoms with Gasteiger partial charge in [-0.2, -0.15) is 10.2 Å². The first-order valence-electron chi connectivity index (χ1n) is 7.96. The first-order chi connectivity index (χ1) is 11.3. The lowest BCUT2D eigenvalue weighted by molar-refractivity contribution is 0.0498. The number of nitrogens with one attached hydrogen (secondary N) is 1. The third kappa shape index (κ3) is 3.56. The van der Waals surface area contributed by atoms with Crippen molar-refractivity contribution in [2.45, 2.75) is 32.4 Å². The molecule has 1 fully saturated rings. The van der Waals surface area contributed by atoms with Gasteiger partial charge in [0.15, 0.2) is 0 Å². The first-order valence-corrected chi connectivity index (χ1v) is 7.96. The Bertz CT molecular complexity index is 637. The largest absolute Gasteiger partial charge is 0.381 e. The van der Waals surface area contributed by atoms with Crippen LogP contribution in [0.3, 0.4) is 0 Å².